The van der Waals surface area contributed by atoms with Crippen LogP contribution in [0.3, 0.4) is 0 Å². The Balaban J connectivity index is 1.60. The van der Waals surface area contributed by atoms with E-state index in [0.717, 1.165) is 11.1 Å². The van der Waals surface area contributed by atoms with Gasteiger partial charge in [-0.25, -0.2) is 8.42 Å². The average Bonchev–Trinajstić information content (AvgIpc) is 3.25. The quantitative estimate of drug-likeness (QED) is 0.585. The van der Waals surface area contributed by atoms with E-state index in [2.05, 4.69) is 10.6 Å². The van der Waals surface area contributed by atoms with Crippen LogP contribution in [0.1, 0.15) is 22.3 Å². The Kier molecular flexibility index (Phi) is 7.72. The van der Waals surface area contributed by atoms with Gasteiger partial charge in [-0.2, -0.15) is 4.31 Å². The molecule has 1 heterocycles. The van der Waals surface area contributed by atoms with Gasteiger partial charge in [-0.1, -0.05) is 29.8 Å². The first-order valence-electron chi connectivity index (χ1n) is 10.5. The maximum atomic E-state index is 13.3. The third kappa shape index (κ3) is 5.70. The van der Waals surface area contributed by atoms with Gasteiger partial charge in [-0.05, 0) is 49.6 Å². The van der Waals surface area contributed by atoms with Crippen molar-refractivity contribution in [2.75, 3.05) is 26.8 Å². The maximum absolute atomic E-state index is 13.3. The van der Waals surface area contributed by atoms with Gasteiger partial charge in [0.2, 0.25) is 10.0 Å². The lowest BCUT2D eigenvalue weighted by molar-refractivity contribution is -0.139. The molecular weight excluding hydrogens is 446 g/mol. The van der Waals surface area contributed by atoms with Crippen LogP contribution < -0.4 is 15.4 Å². The van der Waals surface area contributed by atoms with Gasteiger partial charge in [0.25, 0.3) is 0 Å². The number of nitrogens with zero attached hydrogens (tertiary/aromatic N) is 1. The van der Waals surface area contributed by atoms with Crippen molar-refractivity contribution in [1.82, 2.24) is 14.9 Å². The lowest BCUT2D eigenvalue weighted by Gasteiger charge is -2.24. The zero-order valence-electron chi connectivity index (χ0n) is 19.2. The first-order chi connectivity index (χ1) is 15.6. The molecule has 0 radical (unpaired) electrons. The molecular formula is C23H29N3O6S. The molecule has 0 aliphatic carbocycles. The van der Waals surface area contributed by atoms with Gasteiger partial charge in [-0.3, -0.25) is 9.59 Å². The molecule has 9 nitrogen and oxygen atoms in total. The Bertz CT molecular complexity index is 1110. The highest BCUT2D eigenvalue weighted by atomic mass is 32.2. The number of nitrogens with one attached hydrogen (secondary N) is 2. The van der Waals surface area contributed by atoms with Crippen LogP contribution in [0, 0.1) is 20.8 Å². The fourth-order valence-electron chi connectivity index (χ4n) is 3.90. The fourth-order valence-corrected chi connectivity index (χ4v) is 5.82. The Labute approximate surface area is 194 Å². The van der Waals surface area contributed by atoms with E-state index < -0.39 is 28.1 Å². The second-order valence-corrected chi connectivity index (χ2v) is 9.74. The molecule has 0 spiro atoms. The largest absolute Gasteiger partial charge is 0.497 e. The third-order valence-electron chi connectivity index (χ3n) is 5.37. The summed E-state index contributed by atoms with van der Waals surface area (Å²) in [4.78, 5) is 24.6. The van der Waals surface area contributed by atoms with Gasteiger partial charge in [0.05, 0.1) is 25.2 Å². The number of methoxy groups -OCH3 is 1. The van der Waals surface area contributed by atoms with Crippen molar-refractivity contribution in [2.45, 2.75) is 38.4 Å². The minimum absolute atomic E-state index is 0.141. The van der Waals surface area contributed by atoms with Gasteiger partial charge >= 0.3 is 11.8 Å². The molecule has 2 N–H and O–H groups in total. The Morgan fingerprint density at radius 2 is 1.67 bits per heavy atom. The molecule has 10 heteroatoms. The van der Waals surface area contributed by atoms with Crippen molar-refractivity contribution >= 4 is 21.8 Å². The summed E-state index contributed by atoms with van der Waals surface area (Å²) >= 11 is 0. The lowest BCUT2D eigenvalue weighted by Crippen LogP contribution is -2.47. The monoisotopic (exact) mass is 475 g/mol. The minimum Gasteiger partial charge on any atom is -0.497 e. The van der Waals surface area contributed by atoms with Gasteiger partial charge in [0.1, 0.15) is 12.0 Å². The number of amides is 2. The number of sulfonamides is 1. The van der Waals surface area contributed by atoms with Crippen LogP contribution in [0.4, 0.5) is 0 Å². The normalized spacial score (nSPS) is 16.4. The van der Waals surface area contributed by atoms with Gasteiger partial charge < -0.3 is 20.1 Å². The number of carbonyl (C=O) groups excluding carboxylic acids is 2. The molecule has 1 aliphatic rings. The summed E-state index contributed by atoms with van der Waals surface area (Å²) in [6, 6.07) is 10.7. The predicted octanol–water partition coefficient (Wildman–Crippen LogP) is 1.40. The SMILES string of the molecule is COc1ccc(CNC(=O)C(=O)NC[C@H]2OCCN2S(=O)(=O)c2c(C)cc(C)cc2C)cc1. The second kappa shape index (κ2) is 10.3. The number of hydrogen-bond donors (Lipinski definition) is 2. The summed E-state index contributed by atoms with van der Waals surface area (Å²) in [5.74, 6) is -0.989. The van der Waals surface area contributed by atoms with E-state index in [1.165, 1.54) is 4.31 Å². The van der Waals surface area contributed by atoms with Crippen LogP contribution in [-0.4, -0.2) is 57.6 Å². The highest BCUT2D eigenvalue weighted by molar-refractivity contribution is 7.89. The summed E-state index contributed by atoms with van der Waals surface area (Å²) in [5, 5.41) is 5.00. The van der Waals surface area contributed by atoms with Crippen molar-refractivity contribution in [1.29, 1.82) is 0 Å². The highest BCUT2D eigenvalue weighted by Gasteiger charge is 2.38. The van der Waals surface area contributed by atoms with Crippen LogP contribution in [0.2, 0.25) is 0 Å². The summed E-state index contributed by atoms with van der Waals surface area (Å²) in [6.07, 6.45) is -0.895. The molecule has 2 aromatic rings. The summed E-state index contributed by atoms with van der Waals surface area (Å²) in [7, 11) is -2.28. The number of benzene rings is 2. The van der Waals surface area contributed by atoms with Crippen LogP contribution in [0.15, 0.2) is 41.3 Å². The Morgan fingerprint density at radius 3 is 2.27 bits per heavy atom. The van der Waals surface area contributed by atoms with Gasteiger partial charge in [0.15, 0.2) is 0 Å². The molecule has 2 aromatic carbocycles. The molecule has 1 aliphatic heterocycles. The van der Waals surface area contributed by atoms with Crippen LogP contribution in [-0.2, 0) is 30.9 Å². The van der Waals surface area contributed by atoms with E-state index in [4.69, 9.17) is 9.47 Å². The first kappa shape index (κ1) is 24.7. The summed E-state index contributed by atoms with van der Waals surface area (Å²) < 4.78 is 38.5. The molecule has 0 unspecified atom stereocenters. The number of rotatable bonds is 7. The Morgan fingerprint density at radius 1 is 1.06 bits per heavy atom. The van der Waals surface area contributed by atoms with Crippen LogP contribution in [0.5, 0.6) is 5.75 Å². The van der Waals surface area contributed by atoms with E-state index in [1.807, 2.05) is 19.1 Å². The summed E-state index contributed by atoms with van der Waals surface area (Å²) in [6.45, 7) is 5.82. The average molecular weight is 476 g/mol. The topological polar surface area (TPSA) is 114 Å². The van der Waals surface area contributed by atoms with E-state index in [-0.39, 0.29) is 31.1 Å². The molecule has 0 aromatic heterocycles. The Hall–Kier alpha value is -2.95. The van der Waals surface area contributed by atoms with Crippen molar-refractivity contribution in [3.8, 4) is 5.75 Å². The zero-order chi connectivity index (χ0) is 24.2. The molecule has 33 heavy (non-hydrogen) atoms. The first-order valence-corrected chi connectivity index (χ1v) is 12.0. The fraction of sp³-hybridized carbons (Fsp3) is 0.391. The second-order valence-electron chi connectivity index (χ2n) is 7.91. The molecule has 3 rings (SSSR count). The number of aryl methyl sites for hydroxylation is 3. The predicted molar refractivity (Wildman–Crippen MR) is 122 cm³/mol. The van der Waals surface area contributed by atoms with E-state index in [1.54, 1.807) is 45.2 Å². The summed E-state index contributed by atoms with van der Waals surface area (Å²) in [5.41, 5.74) is 3.09. The highest BCUT2D eigenvalue weighted by Crippen LogP contribution is 2.28. The van der Waals surface area contributed by atoms with Gasteiger partial charge in [-0.15, -0.1) is 0 Å². The molecule has 1 saturated heterocycles. The molecule has 178 valence electrons. The van der Waals surface area contributed by atoms with E-state index in [0.29, 0.717) is 16.9 Å². The molecule has 0 saturated carbocycles. The molecule has 1 fully saturated rings. The van der Waals surface area contributed by atoms with E-state index in [9.17, 15) is 18.0 Å². The van der Waals surface area contributed by atoms with Crippen molar-refractivity contribution in [2.24, 2.45) is 0 Å². The number of carbonyl (C=O) groups is 2. The minimum atomic E-state index is -3.84. The molecule has 2 amide bonds. The zero-order valence-corrected chi connectivity index (χ0v) is 20.0. The number of hydrogen-bond acceptors (Lipinski definition) is 6. The lowest BCUT2D eigenvalue weighted by atomic mass is 10.1. The van der Waals surface area contributed by atoms with Crippen molar-refractivity contribution < 1.29 is 27.5 Å². The van der Waals surface area contributed by atoms with Gasteiger partial charge in [0, 0.05) is 13.1 Å². The molecule has 0 bridgehead atoms. The number of ether oxygens (including phenoxy) is 2. The van der Waals surface area contributed by atoms with Crippen molar-refractivity contribution in [3.05, 3.63) is 58.7 Å². The van der Waals surface area contributed by atoms with E-state index >= 15 is 0 Å². The smallest absolute Gasteiger partial charge is 0.309 e. The standard InChI is InChI=1S/C23H29N3O6S/c1-15-11-16(2)21(17(3)12-15)33(29,30)26-9-10-32-20(26)14-25-23(28)22(27)24-13-18-5-7-19(31-4)8-6-18/h5-8,11-12,20H,9-10,13-14H2,1-4H3,(H,24,27)(H,25,28)/t20-/m1/s1. The van der Waals surface area contributed by atoms with Crippen LogP contribution in [0.25, 0.3) is 0 Å². The third-order valence-corrected chi connectivity index (χ3v) is 7.57. The molecule has 1 atom stereocenters. The van der Waals surface area contributed by atoms with Crippen molar-refractivity contribution in [3.63, 3.8) is 0 Å². The van der Waals surface area contributed by atoms with Crippen LogP contribution >= 0.6 is 0 Å². The maximum Gasteiger partial charge on any atom is 0.309 e.